The first kappa shape index (κ1) is 15.4. The normalized spacial score (nSPS) is 21.3. The maximum Gasteiger partial charge on any atom is 0.229 e. The molecule has 1 fully saturated rings. The Kier molecular flexibility index (Phi) is 5.53. The monoisotopic (exact) mass is 271 g/mol. The summed E-state index contributed by atoms with van der Waals surface area (Å²) in [5.41, 5.74) is 5.78. The van der Waals surface area contributed by atoms with Crippen LogP contribution in [0.2, 0.25) is 0 Å². The zero-order valence-corrected chi connectivity index (χ0v) is 12.5. The van der Waals surface area contributed by atoms with Gasteiger partial charge in [-0.2, -0.15) is 0 Å². The topological polar surface area (TPSA) is 58.4 Å². The average molecular weight is 271 g/mol. The Morgan fingerprint density at radius 1 is 1.50 bits per heavy atom. The van der Waals surface area contributed by atoms with Crippen molar-refractivity contribution in [2.24, 2.45) is 17.1 Å². The smallest absolute Gasteiger partial charge is 0.229 e. The number of nitrogens with zero attached hydrogens (tertiary/aromatic N) is 1. The number of piperidine rings is 1. The van der Waals surface area contributed by atoms with E-state index in [1.165, 1.54) is 0 Å². The number of nitrogens with one attached hydrogen (secondary N) is 1. The molecule has 0 aromatic rings. The molecule has 1 atom stereocenters. The lowest BCUT2D eigenvalue weighted by Gasteiger charge is -2.38. The van der Waals surface area contributed by atoms with Crippen molar-refractivity contribution in [3.05, 3.63) is 0 Å². The molecule has 0 saturated carbocycles. The van der Waals surface area contributed by atoms with E-state index >= 15 is 0 Å². The second-order valence-corrected chi connectivity index (χ2v) is 6.17. The highest BCUT2D eigenvalue weighted by Crippen LogP contribution is 2.29. The van der Waals surface area contributed by atoms with Crippen LogP contribution >= 0.6 is 12.2 Å². The van der Waals surface area contributed by atoms with E-state index < -0.39 is 0 Å². The number of nitrogens with two attached hydrogens (primary N) is 1. The van der Waals surface area contributed by atoms with E-state index in [9.17, 15) is 4.79 Å². The van der Waals surface area contributed by atoms with E-state index in [0.717, 1.165) is 32.5 Å². The van der Waals surface area contributed by atoms with Crippen LogP contribution < -0.4 is 11.1 Å². The van der Waals surface area contributed by atoms with Crippen LogP contribution in [-0.2, 0) is 4.79 Å². The summed E-state index contributed by atoms with van der Waals surface area (Å²) in [5, 5.41) is 3.02. The molecule has 0 aromatic heterocycles. The lowest BCUT2D eigenvalue weighted by Crippen LogP contribution is -2.46. The summed E-state index contributed by atoms with van der Waals surface area (Å²) in [6.07, 6.45) is 2.90. The van der Waals surface area contributed by atoms with Gasteiger partial charge in [-0.15, -0.1) is 0 Å². The van der Waals surface area contributed by atoms with Crippen molar-refractivity contribution >= 4 is 23.1 Å². The molecule has 0 radical (unpaired) electrons. The number of hydrogen-bond donors (Lipinski definition) is 2. The number of thiocarbonyl (C=S) groups is 1. The molecule has 1 aliphatic heterocycles. The first-order chi connectivity index (χ1) is 8.38. The molecule has 1 saturated heterocycles. The number of rotatable bonds is 5. The molecule has 1 aliphatic rings. The standard InChI is InChI=1S/C13H25N3OS/c1-4-10(11(14)18)12(17)15-9-13(2)5-7-16(3)8-6-13/h10H,4-9H2,1-3H3,(H2,14,18)(H,15,17). The van der Waals surface area contributed by atoms with E-state index in [2.05, 4.69) is 24.2 Å². The lowest BCUT2D eigenvalue weighted by atomic mass is 9.80. The van der Waals surface area contributed by atoms with Crippen LogP contribution in [0.5, 0.6) is 0 Å². The predicted octanol–water partition coefficient (Wildman–Crippen LogP) is 1.15. The van der Waals surface area contributed by atoms with E-state index in [0.29, 0.717) is 11.4 Å². The summed E-state index contributed by atoms with van der Waals surface area (Å²) >= 11 is 4.92. The first-order valence-corrected chi connectivity index (χ1v) is 7.04. The van der Waals surface area contributed by atoms with Crippen molar-refractivity contribution in [2.75, 3.05) is 26.7 Å². The van der Waals surface area contributed by atoms with E-state index in [-0.39, 0.29) is 17.2 Å². The molecule has 18 heavy (non-hydrogen) atoms. The Bertz CT molecular complexity index is 311. The molecular weight excluding hydrogens is 246 g/mol. The van der Waals surface area contributed by atoms with Crippen molar-refractivity contribution < 1.29 is 4.79 Å². The van der Waals surface area contributed by atoms with Gasteiger partial charge in [0.2, 0.25) is 5.91 Å². The molecule has 1 rings (SSSR count). The fourth-order valence-electron chi connectivity index (χ4n) is 2.27. The second-order valence-electron chi connectivity index (χ2n) is 5.69. The first-order valence-electron chi connectivity index (χ1n) is 6.63. The van der Waals surface area contributed by atoms with Crippen LogP contribution in [0.1, 0.15) is 33.1 Å². The molecule has 3 N–H and O–H groups in total. The van der Waals surface area contributed by atoms with Crippen molar-refractivity contribution in [1.82, 2.24) is 10.2 Å². The fourth-order valence-corrected chi connectivity index (χ4v) is 2.55. The fraction of sp³-hybridized carbons (Fsp3) is 0.846. The summed E-state index contributed by atoms with van der Waals surface area (Å²) in [7, 11) is 2.14. The third-order valence-electron chi connectivity index (χ3n) is 3.95. The summed E-state index contributed by atoms with van der Waals surface area (Å²) in [6, 6.07) is 0. The largest absolute Gasteiger partial charge is 0.393 e. The van der Waals surface area contributed by atoms with Gasteiger partial charge in [0.05, 0.1) is 10.9 Å². The van der Waals surface area contributed by atoms with E-state index in [4.69, 9.17) is 18.0 Å². The van der Waals surface area contributed by atoms with Crippen molar-refractivity contribution in [1.29, 1.82) is 0 Å². The van der Waals surface area contributed by atoms with Gasteiger partial charge in [0.1, 0.15) is 0 Å². The Morgan fingerprint density at radius 2 is 2.06 bits per heavy atom. The summed E-state index contributed by atoms with van der Waals surface area (Å²) in [6.45, 7) is 7.08. The molecular formula is C13H25N3OS. The van der Waals surface area contributed by atoms with Gasteiger partial charge < -0.3 is 16.0 Å². The Hall–Kier alpha value is -0.680. The van der Waals surface area contributed by atoms with Gasteiger partial charge in [-0.1, -0.05) is 26.1 Å². The van der Waals surface area contributed by atoms with Crippen LogP contribution in [0, 0.1) is 11.3 Å². The van der Waals surface area contributed by atoms with Crippen LogP contribution in [-0.4, -0.2) is 42.5 Å². The molecule has 1 unspecified atom stereocenters. The van der Waals surface area contributed by atoms with Crippen molar-refractivity contribution in [3.63, 3.8) is 0 Å². The Morgan fingerprint density at radius 3 is 2.50 bits per heavy atom. The minimum Gasteiger partial charge on any atom is -0.393 e. The molecule has 0 spiro atoms. The quantitative estimate of drug-likeness (QED) is 0.736. The van der Waals surface area contributed by atoms with Crippen LogP contribution in [0.4, 0.5) is 0 Å². The third kappa shape index (κ3) is 4.21. The molecule has 0 bridgehead atoms. The summed E-state index contributed by atoms with van der Waals surface area (Å²) in [5.74, 6) is -0.347. The minimum atomic E-state index is -0.324. The number of amides is 1. The van der Waals surface area contributed by atoms with Gasteiger partial charge in [-0.3, -0.25) is 4.79 Å². The van der Waals surface area contributed by atoms with Crippen LogP contribution in [0.25, 0.3) is 0 Å². The van der Waals surface area contributed by atoms with Crippen LogP contribution in [0.15, 0.2) is 0 Å². The van der Waals surface area contributed by atoms with Crippen molar-refractivity contribution in [2.45, 2.75) is 33.1 Å². The molecule has 1 heterocycles. The number of carbonyl (C=O) groups is 1. The minimum absolute atomic E-state index is 0.0230. The van der Waals surface area contributed by atoms with Gasteiger partial charge >= 0.3 is 0 Å². The number of likely N-dealkylation sites (tertiary alicyclic amines) is 1. The van der Waals surface area contributed by atoms with Gasteiger partial charge in [0.25, 0.3) is 0 Å². The molecule has 104 valence electrons. The second kappa shape index (κ2) is 6.48. The van der Waals surface area contributed by atoms with Gasteiger partial charge in [0.15, 0.2) is 0 Å². The lowest BCUT2D eigenvalue weighted by molar-refractivity contribution is -0.123. The maximum atomic E-state index is 12.0. The molecule has 5 heteroatoms. The van der Waals surface area contributed by atoms with Gasteiger partial charge in [-0.25, -0.2) is 0 Å². The summed E-state index contributed by atoms with van der Waals surface area (Å²) in [4.78, 5) is 14.6. The maximum absolute atomic E-state index is 12.0. The molecule has 0 aromatic carbocycles. The van der Waals surface area contributed by atoms with Crippen LogP contribution in [0.3, 0.4) is 0 Å². The zero-order chi connectivity index (χ0) is 13.8. The zero-order valence-electron chi connectivity index (χ0n) is 11.7. The van der Waals surface area contributed by atoms with E-state index in [1.54, 1.807) is 0 Å². The van der Waals surface area contributed by atoms with Gasteiger partial charge in [0, 0.05) is 6.54 Å². The highest BCUT2D eigenvalue weighted by Gasteiger charge is 2.30. The van der Waals surface area contributed by atoms with Crippen molar-refractivity contribution in [3.8, 4) is 0 Å². The molecule has 1 amide bonds. The Labute approximate surface area is 115 Å². The number of hydrogen-bond acceptors (Lipinski definition) is 3. The molecule has 4 nitrogen and oxygen atoms in total. The number of carbonyl (C=O) groups excluding carboxylic acids is 1. The third-order valence-corrected chi connectivity index (χ3v) is 4.24. The SMILES string of the molecule is CCC(C(=O)NCC1(C)CCN(C)CC1)C(N)=S. The summed E-state index contributed by atoms with van der Waals surface area (Å²) < 4.78 is 0. The highest BCUT2D eigenvalue weighted by molar-refractivity contribution is 7.80. The van der Waals surface area contributed by atoms with E-state index in [1.807, 2.05) is 6.92 Å². The molecule has 0 aliphatic carbocycles. The predicted molar refractivity (Wildman–Crippen MR) is 78.4 cm³/mol. The van der Waals surface area contributed by atoms with Gasteiger partial charge in [-0.05, 0) is 44.8 Å². The average Bonchev–Trinajstić information content (AvgIpc) is 2.31. The highest BCUT2D eigenvalue weighted by atomic mass is 32.1. The Balaban J connectivity index is 2.44.